The minimum Gasteiger partial charge on any atom is -0.487 e. The third-order valence-electron chi connectivity index (χ3n) is 8.02. The number of aliphatic hydroxyl groups is 1. The first-order valence-electron chi connectivity index (χ1n) is 16.0. The molecule has 0 saturated carbocycles. The fraction of sp³-hybridized carbons (Fsp3) is 0.220. The molecule has 0 aliphatic heterocycles. The van der Waals surface area contributed by atoms with Crippen LogP contribution in [0.4, 0.5) is 0 Å². The molecule has 6 rings (SSSR count). The first-order chi connectivity index (χ1) is 23.2. The summed E-state index contributed by atoms with van der Waals surface area (Å²) in [6, 6.07) is 49.6. The van der Waals surface area contributed by atoms with Crippen LogP contribution in [0.5, 0.6) is 0 Å². The van der Waals surface area contributed by atoms with Gasteiger partial charge in [0.2, 0.25) is 0 Å². The van der Waals surface area contributed by atoms with E-state index in [4.69, 9.17) is 23.7 Å². The zero-order chi connectivity index (χ0) is 32.1. The Morgan fingerprint density at radius 1 is 0.362 bits per heavy atom. The van der Waals surface area contributed by atoms with Crippen LogP contribution in [0.2, 0.25) is 0 Å². The van der Waals surface area contributed by atoms with Gasteiger partial charge in [-0.15, -0.1) is 0 Å². The van der Waals surface area contributed by atoms with Gasteiger partial charge < -0.3 is 28.8 Å². The van der Waals surface area contributed by atoms with Crippen LogP contribution in [-0.2, 0) is 56.7 Å². The fourth-order valence-corrected chi connectivity index (χ4v) is 5.55. The summed E-state index contributed by atoms with van der Waals surface area (Å²) >= 11 is 0. The maximum absolute atomic E-state index is 12.1. The maximum atomic E-state index is 12.1. The molecule has 6 nitrogen and oxygen atoms in total. The van der Waals surface area contributed by atoms with Gasteiger partial charge in [-0.3, -0.25) is 0 Å². The molecule has 0 aromatic heterocycles. The summed E-state index contributed by atoms with van der Waals surface area (Å²) < 4.78 is 32.9. The quantitative estimate of drug-likeness (QED) is 0.128. The number of hydrogen-bond donors (Lipinski definition) is 1. The molecule has 0 saturated heterocycles. The Labute approximate surface area is 276 Å². The topological polar surface area (TPSA) is 66.4 Å². The lowest BCUT2D eigenvalue weighted by Crippen LogP contribution is -2.54. The Bertz CT molecular complexity index is 1650. The minimum atomic E-state index is -1.19. The maximum Gasteiger partial charge on any atom is 0.168 e. The molecule has 0 spiro atoms. The van der Waals surface area contributed by atoms with Crippen molar-refractivity contribution in [1.29, 1.82) is 0 Å². The third kappa shape index (κ3) is 8.97. The van der Waals surface area contributed by atoms with E-state index in [1.165, 1.54) is 0 Å². The highest BCUT2D eigenvalue weighted by atomic mass is 16.6. The molecule has 0 radical (unpaired) electrons. The number of hydrogen-bond acceptors (Lipinski definition) is 6. The molecule has 0 heterocycles. The van der Waals surface area contributed by atoms with Crippen LogP contribution in [0.15, 0.2) is 163 Å². The zero-order valence-corrected chi connectivity index (χ0v) is 26.3. The molecular formula is C41H40O6. The van der Waals surface area contributed by atoms with Crippen LogP contribution >= 0.6 is 0 Å². The Hall–Kier alpha value is -4.72. The van der Waals surface area contributed by atoms with Crippen LogP contribution in [-0.4, -0.2) is 29.5 Å². The van der Waals surface area contributed by atoms with E-state index >= 15 is 0 Å². The Morgan fingerprint density at radius 3 is 1.09 bits per heavy atom. The number of ether oxygens (including phenoxy) is 5. The molecule has 47 heavy (non-hydrogen) atoms. The fourth-order valence-electron chi connectivity index (χ4n) is 5.55. The number of aliphatic hydroxyl groups excluding tert-OH is 1. The SMILES string of the molecule is O[C@@H]1C(OCc2ccccc2)=C(OCc2ccccc2)[C@H](OCc2ccccc2)C(OCc2ccccc2)C1OCc1ccccc1. The van der Waals surface area contributed by atoms with E-state index < -0.39 is 24.4 Å². The van der Waals surface area contributed by atoms with Crippen molar-refractivity contribution in [1.82, 2.24) is 0 Å². The van der Waals surface area contributed by atoms with Crippen molar-refractivity contribution in [2.45, 2.75) is 57.5 Å². The average molecular weight is 629 g/mol. The van der Waals surface area contributed by atoms with E-state index in [9.17, 15) is 5.11 Å². The van der Waals surface area contributed by atoms with E-state index in [1.807, 2.05) is 152 Å². The zero-order valence-electron chi connectivity index (χ0n) is 26.3. The van der Waals surface area contributed by atoms with E-state index in [2.05, 4.69) is 0 Å². The van der Waals surface area contributed by atoms with Gasteiger partial charge in [0, 0.05) is 0 Å². The standard InChI is InChI=1S/C41H40O6/c42-36-37(43-26-31-16-6-1-7-17-31)39(45-28-33-20-10-3-11-21-33)41(47-30-35-24-14-5-15-25-35)40(46-29-34-22-12-4-13-23-34)38(36)44-27-32-18-8-2-9-19-32/h1-25,36-37,39,41-42H,26-30H2/t36-,37?,39?,41+/m0/s1. The lowest BCUT2D eigenvalue weighted by Gasteiger charge is -2.42. The van der Waals surface area contributed by atoms with Crippen molar-refractivity contribution in [3.8, 4) is 0 Å². The highest BCUT2D eigenvalue weighted by Gasteiger charge is 2.49. The van der Waals surface area contributed by atoms with Gasteiger partial charge in [-0.2, -0.15) is 0 Å². The predicted molar refractivity (Wildman–Crippen MR) is 181 cm³/mol. The molecule has 240 valence electrons. The largest absolute Gasteiger partial charge is 0.487 e. The van der Waals surface area contributed by atoms with Crippen molar-refractivity contribution in [2.24, 2.45) is 0 Å². The molecule has 5 aromatic carbocycles. The van der Waals surface area contributed by atoms with Crippen LogP contribution in [0.25, 0.3) is 0 Å². The van der Waals surface area contributed by atoms with E-state index in [-0.39, 0.29) is 25.6 Å². The van der Waals surface area contributed by atoms with Crippen molar-refractivity contribution < 1.29 is 28.8 Å². The molecule has 1 aliphatic carbocycles. The second kappa shape index (κ2) is 16.7. The average Bonchev–Trinajstić information content (AvgIpc) is 3.14. The van der Waals surface area contributed by atoms with Crippen LogP contribution in [0.1, 0.15) is 27.8 Å². The first kappa shape index (κ1) is 32.2. The summed E-state index contributed by atoms with van der Waals surface area (Å²) in [6.07, 6.45) is -3.50. The van der Waals surface area contributed by atoms with Crippen molar-refractivity contribution in [3.63, 3.8) is 0 Å². The molecule has 0 bridgehead atoms. The van der Waals surface area contributed by atoms with Gasteiger partial charge in [0.25, 0.3) is 0 Å². The number of benzene rings is 5. The first-order valence-corrected chi connectivity index (χ1v) is 16.0. The third-order valence-corrected chi connectivity index (χ3v) is 8.02. The molecule has 4 atom stereocenters. The van der Waals surface area contributed by atoms with Crippen LogP contribution < -0.4 is 0 Å². The van der Waals surface area contributed by atoms with Gasteiger partial charge in [-0.1, -0.05) is 152 Å². The summed E-state index contributed by atoms with van der Waals surface area (Å²) in [4.78, 5) is 0. The molecule has 5 aromatic rings. The minimum absolute atomic E-state index is 0.234. The summed E-state index contributed by atoms with van der Waals surface area (Å²) in [6.45, 7) is 1.35. The second-order valence-electron chi connectivity index (χ2n) is 11.5. The normalized spacial score (nSPS) is 19.3. The van der Waals surface area contributed by atoms with E-state index in [0.29, 0.717) is 19.0 Å². The van der Waals surface area contributed by atoms with Crippen molar-refractivity contribution >= 4 is 0 Å². The van der Waals surface area contributed by atoms with Gasteiger partial charge in [-0.25, -0.2) is 0 Å². The highest BCUT2D eigenvalue weighted by molar-refractivity contribution is 5.25. The monoisotopic (exact) mass is 628 g/mol. The number of rotatable bonds is 15. The Kier molecular flexibility index (Phi) is 11.5. The molecule has 1 N–H and O–H groups in total. The lowest BCUT2D eigenvalue weighted by molar-refractivity contribution is -0.195. The summed E-state index contributed by atoms with van der Waals surface area (Å²) in [5.41, 5.74) is 4.90. The highest BCUT2D eigenvalue weighted by Crippen LogP contribution is 2.36. The lowest BCUT2D eigenvalue weighted by atomic mass is 9.91. The molecular weight excluding hydrogens is 588 g/mol. The molecule has 2 unspecified atom stereocenters. The molecule has 0 fully saturated rings. The van der Waals surface area contributed by atoms with Crippen molar-refractivity contribution in [2.75, 3.05) is 0 Å². The smallest absolute Gasteiger partial charge is 0.168 e. The van der Waals surface area contributed by atoms with E-state index in [0.717, 1.165) is 27.8 Å². The van der Waals surface area contributed by atoms with Gasteiger partial charge >= 0.3 is 0 Å². The molecule has 1 aliphatic rings. The molecule has 0 amide bonds. The summed E-state index contributed by atoms with van der Waals surface area (Å²) in [5, 5.41) is 12.1. The van der Waals surface area contributed by atoms with Crippen molar-refractivity contribution in [3.05, 3.63) is 191 Å². The summed E-state index contributed by atoms with van der Waals surface area (Å²) in [5.74, 6) is 0.673. The van der Waals surface area contributed by atoms with Crippen LogP contribution in [0.3, 0.4) is 0 Å². The second-order valence-corrected chi connectivity index (χ2v) is 11.5. The summed E-state index contributed by atoms with van der Waals surface area (Å²) in [7, 11) is 0. The van der Waals surface area contributed by atoms with Gasteiger partial charge in [0.1, 0.15) is 37.6 Å². The Balaban J connectivity index is 1.38. The van der Waals surface area contributed by atoms with Gasteiger partial charge in [-0.05, 0) is 27.8 Å². The van der Waals surface area contributed by atoms with Gasteiger partial charge in [0.05, 0.1) is 19.8 Å². The predicted octanol–water partition coefficient (Wildman–Crippen LogP) is 7.76. The Morgan fingerprint density at radius 2 is 0.681 bits per heavy atom. The molecule has 6 heteroatoms. The van der Waals surface area contributed by atoms with E-state index in [1.54, 1.807) is 0 Å². The van der Waals surface area contributed by atoms with Crippen LogP contribution in [0, 0.1) is 0 Å². The van der Waals surface area contributed by atoms with Gasteiger partial charge in [0.15, 0.2) is 11.5 Å².